The largest absolute Gasteiger partial charge is 0.371 e. The van der Waals surface area contributed by atoms with Gasteiger partial charge in [-0.1, -0.05) is 0 Å². The van der Waals surface area contributed by atoms with E-state index in [9.17, 15) is 0 Å². The number of hydrogen-bond donors (Lipinski definition) is 3. The number of benzene rings is 1. The molecule has 0 spiro atoms. The number of H-pyrrole nitrogens is 1. The average Bonchev–Trinajstić information content (AvgIpc) is 3.32. The van der Waals surface area contributed by atoms with Gasteiger partial charge in [0.25, 0.3) is 0 Å². The number of nitrogens with zero attached hydrogens (tertiary/aromatic N) is 6. The molecule has 0 radical (unpaired) electrons. The summed E-state index contributed by atoms with van der Waals surface area (Å²) in [6.45, 7) is 4.18. The summed E-state index contributed by atoms with van der Waals surface area (Å²) in [6.07, 6.45) is 6.67. The zero-order valence-electron chi connectivity index (χ0n) is 20.8. The van der Waals surface area contributed by atoms with E-state index in [2.05, 4.69) is 63.6 Å². The second-order valence-electron chi connectivity index (χ2n) is 9.42. The summed E-state index contributed by atoms with van der Waals surface area (Å²) in [5, 5.41) is 7.91. The molecule has 9 heteroatoms. The van der Waals surface area contributed by atoms with Gasteiger partial charge in [0.15, 0.2) is 11.5 Å². The number of hydrogen-bond acceptors (Lipinski definition) is 8. The van der Waals surface area contributed by atoms with Gasteiger partial charge in [-0.15, -0.1) is 0 Å². The van der Waals surface area contributed by atoms with Gasteiger partial charge in [-0.05, 0) is 74.0 Å². The summed E-state index contributed by atoms with van der Waals surface area (Å²) < 4.78 is 0. The minimum Gasteiger partial charge on any atom is -0.371 e. The van der Waals surface area contributed by atoms with Crippen LogP contribution < -0.4 is 15.5 Å². The first kappa shape index (κ1) is 22.2. The van der Waals surface area contributed by atoms with Gasteiger partial charge in [-0.2, -0.15) is 0 Å². The van der Waals surface area contributed by atoms with Crippen molar-refractivity contribution < 1.29 is 0 Å². The van der Waals surface area contributed by atoms with Crippen LogP contribution in [0.5, 0.6) is 0 Å². The molecule has 1 fully saturated rings. The standard InChI is InChI=1S/C29H25N9/c1-18-15-19(9-11-30-18)34-27-8-7-26-29(36-27)37-28(35-26)25-5-3-20(17-32-25)33-24-10-12-31-23-6-4-21(16-22(23)24)38-13-2-14-38/h3-12,15-17H,2,13-14H2,1H3,(H,31,33)(H2,30,34,35,36,37). The SMILES string of the molecule is Cc1cc(Nc2ccc3[nH]c(-c4ccc(Nc5ccnc6ccc(N7CCC7)cc56)cn4)nc3n2)ccn1. The monoisotopic (exact) mass is 499 g/mol. The van der Waals surface area contributed by atoms with Crippen molar-refractivity contribution in [2.45, 2.75) is 13.3 Å². The van der Waals surface area contributed by atoms with Crippen molar-refractivity contribution >= 4 is 50.6 Å². The van der Waals surface area contributed by atoms with Crippen LogP contribution in [-0.2, 0) is 0 Å². The predicted molar refractivity (Wildman–Crippen MR) is 151 cm³/mol. The van der Waals surface area contributed by atoms with E-state index in [0.717, 1.165) is 63.8 Å². The first-order chi connectivity index (χ1) is 18.7. The van der Waals surface area contributed by atoms with Gasteiger partial charge in [0.1, 0.15) is 11.5 Å². The summed E-state index contributed by atoms with van der Waals surface area (Å²) in [7, 11) is 0. The van der Waals surface area contributed by atoms with Gasteiger partial charge in [0.05, 0.1) is 22.9 Å². The Balaban J connectivity index is 1.12. The normalized spacial score (nSPS) is 13.0. The number of fused-ring (bicyclic) bond motifs is 2. The van der Waals surface area contributed by atoms with Crippen LogP contribution in [0.15, 0.2) is 79.3 Å². The number of pyridine rings is 4. The van der Waals surface area contributed by atoms with Crippen molar-refractivity contribution in [2.24, 2.45) is 0 Å². The van der Waals surface area contributed by atoms with Crippen molar-refractivity contribution in [1.82, 2.24) is 29.9 Å². The van der Waals surface area contributed by atoms with Crippen molar-refractivity contribution in [3.05, 3.63) is 84.9 Å². The van der Waals surface area contributed by atoms with E-state index in [4.69, 9.17) is 0 Å². The molecule has 1 aromatic carbocycles. The van der Waals surface area contributed by atoms with Crippen molar-refractivity contribution in [3.8, 4) is 11.5 Å². The van der Waals surface area contributed by atoms with E-state index < -0.39 is 0 Å². The molecule has 6 heterocycles. The lowest BCUT2D eigenvalue weighted by atomic mass is 10.1. The zero-order valence-corrected chi connectivity index (χ0v) is 20.8. The fourth-order valence-electron chi connectivity index (χ4n) is 4.63. The lowest BCUT2D eigenvalue weighted by Gasteiger charge is -2.33. The Labute approximate surface area is 219 Å². The molecule has 0 aliphatic carbocycles. The number of aromatic nitrogens is 6. The third-order valence-electron chi connectivity index (χ3n) is 6.75. The van der Waals surface area contributed by atoms with Gasteiger partial charge < -0.3 is 20.5 Å². The van der Waals surface area contributed by atoms with Crippen LogP contribution >= 0.6 is 0 Å². The van der Waals surface area contributed by atoms with Crippen LogP contribution in [0, 0.1) is 6.92 Å². The Morgan fingerprint density at radius 3 is 2.55 bits per heavy atom. The lowest BCUT2D eigenvalue weighted by molar-refractivity contribution is 0.618. The molecule has 1 aliphatic heterocycles. The summed E-state index contributed by atoms with van der Waals surface area (Å²) in [4.78, 5) is 28.5. The first-order valence-electron chi connectivity index (χ1n) is 12.6. The highest BCUT2D eigenvalue weighted by Gasteiger charge is 2.15. The number of rotatable bonds is 6. The fourth-order valence-corrected chi connectivity index (χ4v) is 4.63. The number of aromatic amines is 1. The van der Waals surface area contributed by atoms with Crippen LogP contribution in [0.1, 0.15) is 12.1 Å². The Hall–Kier alpha value is -5.05. The van der Waals surface area contributed by atoms with Crippen LogP contribution in [0.25, 0.3) is 33.6 Å². The topological polar surface area (TPSA) is 108 Å². The second-order valence-corrected chi connectivity index (χ2v) is 9.42. The minimum atomic E-state index is 0.626. The van der Waals surface area contributed by atoms with E-state index in [1.165, 1.54) is 12.1 Å². The van der Waals surface area contributed by atoms with Crippen molar-refractivity contribution in [2.75, 3.05) is 28.6 Å². The third-order valence-corrected chi connectivity index (χ3v) is 6.75. The fraction of sp³-hybridized carbons (Fsp3) is 0.138. The van der Waals surface area contributed by atoms with Crippen LogP contribution in [0.3, 0.4) is 0 Å². The summed E-state index contributed by atoms with van der Waals surface area (Å²) in [6, 6.07) is 20.2. The third kappa shape index (κ3) is 4.24. The lowest BCUT2D eigenvalue weighted by Crippen LogP contribution is -2.36. The molecule has 38 heavy (non-hydrogen) atoms. The molecule has 7 rings (SSSR count). The molecule has 6 aromatic rings. The van der Waals surface area contributed by atoms with E-state index in [1.54, 1.807) is 6.20 Å². The van der Waals surface area contributed by atoms with E-state index in [0.29, 0.717) is 11.5 Å². The average molecular weight is 500 g/mol. The highest BCUT2D eigenvalue weighted by molar-refractivity contribution is 5.95. The number of anilines is 5. The summed E-state index contributed by atoms with van der Waals surface area (Å²) in [5.41, 5.74) is 8.19. The molecular formula is C29H25N9. The Bertz CT molecular complexity index is 1770. The quantitative estimate of drug-likeness (QED) is 0.257. The van der Waals surface area contributed by atoms with Gasteiger partial charge >= 0.3 is 0 Å². The highest BCUT2D eigenvalue weighted by Crippen LogP contribution is 2.31. The maximum absolute atomic E-state index is 4.68. The van der Waals surface area contributed by atoms with Crippen molar-refractivity contribution in [3.63, 3.8) is 0 Å². The van der Waals surface area contributed by atoms with Crippen LogP contribution in [0.4, 0.5) is 28.6 Å². The molecule has 3 N–H and O–H groups in total. The molecule has 1 aliphatic rings. The Morgan fingerprint density at radius 2 is 1.74 bits per heavy atom. The van der Waals surface area contributed by atoms with Gasteiger partial charge in [0, 0.05) is 53.6 Å². The molecule has 186 valence electrons. The molecular weight excluding hydrogens is 474 g/mol. The molecule has 0 unspecified atom stereocenters. The zero-order chi connectivity index (χ0) is 25.5. The maximum Gasteiger partial charge on any atom is 0.180 e. The number of nitrogens with one attached hydrogen (secondary N) is 3. The van der Waals surface area contributed by atoms with E-state index in [1.807, 2.05) is 61.8 Å². The van der Waals surface area contributed by atoms with Gasteiger partial charge in [-0.3, -0.25) is 15.0 Å². The molecule has 0 saturated carbocycles. The molecule has 1 saturated heterocycles. The number of aryl methyl sites for hydroxylation is 1. The number of imidazole rings is 1. The maximum atomic E-state index is 4.68. The van der Waals surface area contributed by atoms with E-state index >= 15 is 0 Å². The van der Waals surface area contributed by atoms with Gasteiger partial charge in [0.2, 0.25) is 0 Å². The predicted octanol–water partition coefficient (Wildman–Crippen LogP) is 5.97. The Kier molecular flexibility index (Phi) is 5.32. The van der Waals surface area contributed by atoms with E-state index in [-0.39, 0.29) is 0 Å². The molecule has 0 bridgehead atoms. The van der Waals surface area contributed by atoms with Crippen LogP contribution in [0.2, 0.25) is 0 Å². The first-order valence-corrected chi connectivity index (χ1v) is 12.6. The Morgan fingerprint density at radius 1 is 0.816 bits per heavy atom. The van der Waals surface area contributed by atoms with Crippen molar-refractivity contribution in [1.29, 1.82) is 0 Å². The minimum absolute atomic E-state index is 0.626. The van der Waals surface area contributed by atoms with Gasteiger partial charge in [-0.25, -0.2) is 9.97 Å². The molecule has 5 aromatic heterocycles. The second kappa shape index (κ2) is 9.11. The molecule has 0 atom stereocenters. The van der Waals surface area contributed by atoms with Crippen LogP contribution in [-0.4, -0.2) is 43.0 Å². The molecule has 9 nitrogen and oxygen atoms in total. The summed E-state index contributed by atoms with van der Waals surface area (Å²) in [5.74, 6) is 1.39. The summed E-state index contributed by atoms with van der Waals surface area (Å²) >= 11 is 0. The molecule has 0 amide bonds. The highest BCUT2D eigenvalue weighted by atomic mass is 15.2. The smallest absolute Gasteiger partial charge is 0.180 e.